The molecule has 2 aromatic rings. The minimum atomic E-state index is -1.23. The van der Waals surface area contributed by atoms with E-state index in [0.29, 0.717) is 16.9 Å². The average molecular weight is 374 g/mol. The second-order valence-electron chi connectivity index (χ2n) is 6.43. The molecule has 0 aliphatic carbocycles. The van der Waals surface area contributed by atoms with E-state index in [1.807, 2.05) is 6.07 Å². The van der Waals surface area contributed by atoms with Crippen molar-refractivity contribution in [2.45, 2.75) is 52.6 Å². The maximum atomic E-state index is 12.0. The fraction of sp³-hybridized carbons (Fsp3) is 0.450. The number of benzene rings is 1. The molecule has 146 valence electrons. The molecule has 0 aliphatic rings. The molecule has 0 aliphatic heterocycles. The van der Waals surface area contributed by atoms with Gasteiger partial charge in [0.25, 0.3) is 5.91 Å². The largest absolute Gasteiger partial charge is 0.550 e. The Labute approximate surface area is 157 Å². The first-order chi connectivity index (χ1) is 12.8. The normalized spacial score (nSPS) is 12.0. The average Bonchev–Trinajstić information content (AvgIpc) is 2.61. The molecule has 0 saturated carbocycles. The van der Waals surface area contributed by atoms with Crippen molar-refractivity contribution >= 4 is 22.8 Å². The molecule has 0 fully saturated rings. The summed E-state index contributed by atoms with van der Waals surface area (Å²) in [6, 6.07) is 5.09. The van der Waals surface area contributed by atoms with Crippen LogP contribution in [0.1, 0.15) is 44.2 Å². The van der Waals surface area contributed by atoms with Gasteiger partial charge in [0, 0.05) is 36.0 Å². The lowest BCUT2D eigenvalue weighted by Crippen LogP contribution is -2.38. The third-order valence-corrected chi connectivity index (χ3v) is 4.30. The molecule has 1 aromatic carbocycles. The van der Waals surface area contributed by atoms with Gasteiger partial charge in [0.05, 0.1) is 0 Å². The van der Waals surface area contributed by atoms with Gasteiger partial charge in [-0.05, 0) is 44.4 Å². The third kappa shape index (κ3) is 5.32. The number of unbranched alkanes of at least 4 members (excludes halogenated alkanes) is 1. The maximum absolute atomic E-state index is 12.0. The molecule has 0 unspecified atom stereocenters. The zero-order valence-corrected chi connectivity index (χ0v) is 15.8. The summed E-state index contributed by atoms with van der Waals surface area (Å²) in [5.41, 5.74) is 1.61. The zero-order valence-electron chi connectivity index (χ0n) is 15.8. The van der Waals surface area contributed by atoms with Crippen LogP contribution in [0.15, 0.2) is 27.4 Å². The molecule has 1 heterocycles. The van der Waals surface area contributed by atoms with Gasteiger partial charge >= 0.3 is 5.63 Å². The van der Waals surface area contributed by atoms with Crippen LogP contribution >= 0.6 is 0 Å². The highest BCUT2D eigenvalue weighted by Gasteiger charge is 2.17. The van der Waals surface area contributed by atoms with E-state index in [9.17, 15) is 19.5 Å². The van der Waals surface area contributed by atoms with Gasteiger partial charge < -0.3 is 24.4 Å². The van der Waals surface area contributed by atoms with Crippen LogP contribution in [0.4, 0.5) is 0 Å². The number of ether oxygens (including phenoxy) is 1. The zero-order chi connectivity index (χ0) is 20.0. The summed E-state index contributed by atoms with van der Waals surface area (Å²) in [5.74, 6) is -1.24. The lowest BCUT2D eigenvalue weighted by molar-refractivity contribution is -0.305. The summed E-state index contributed by atoms with van der Waals surface area (Å²) in [6.07, 6.45) is 1.68. The third-order valence-electron chi connectivity index (χ3n) is 4.30. The molecular weight excluding hydrogens is 350 g/mol. The molecule has 1 atom stereocenters. The Hall–Kier alpha value is -2.83. The predicted octanol–water partition coefficient (Wildman–Crippen LogP) is 1.47. The number of aliphatic carboxylic acids is 1. The Morgan fingerprint density at radius 2 is 2.07 bits per heavy atom. The van der Waals surface area contributed by atoms with Gasteiger partial charge in [-0.1, -0.05) is 13.3 Å². The topological polar surface area (TPSA) is 109 Å². The van der Waals surface area contributed by atoms with Gasteiger partial charge in [-0.2, -0.15) is 0 Å². The summed E-state index contributed by atoms with van der Waals surface area (Å²) < 4.78 is 11.1. The number of carboxylic acid groups (broad SMARTS) is 1. The number of carbonyl (C=O) groups excluding carboxylic acids is 2. The van der Waals surface area contributed by atoms with Gasteiger partial charge in [-0.15, -0.1) is 0 Å². The Bertz CT molecular complexity index is 886. The molecule has 1 amide bonds. The molecule has 1 N–H and O–H groups in total. The van der Waals surface area contributed by atoms with Crippen LogP contribution in [0.3, 0.4) is 0 Å². The molecule has 2 rings (SSSR count). The second-order valence-corrected chi connectivity index (χ2v) is 6.43. The first kappa shape index (κ1) is 20.5. The summed E-state index contributed by atoms with van der Waals surface area (Å²) in [7, 11) is 0. The van der Waals surface area contributed by atoms with E-state index in [1.54, 1.807) is 19.9 Å². The van der Waals surface area contributed by atoms with Crippen LogP contribution in [0, 0.1) is 6.92 Å². The predicted molar refractivity (Wildman–Crippen MR) is 98.6 cm³/mol. The van der Waals surface area contributed by atoms with Crippen molar-refractivity contribution in [3.63, 3.8) is 0 Å². The monoisotopic (exact) mass is 374 g/mol. The Kier molecular flexibility index (Phi) is 6.98. The van der Waals surface area contributed by atoms with E-state index in [-0.39, 0.29) is 13.0 Å². The molecule has 0 bridgehead atoms. The molecule has 0 saturated heterocycles. The van der Waals surface area contributed by atoms with E-state index in [2.05, 4.69) is 12.2 Å². The Morgan fingerprint density at radius 1 is 1.33 bits per heavy atom. The van der Waals surface area contributed by atoms with Crippen molar-refractivity contribution in [2.24, 2.45) is 0 Å². The van der Waals surface area contributed by atoms with E-state index >= 15 is 0 Å². The van der Waals surface area contributed by atoms with Crippen LogP contribution in [0.5, 0.6) is 5.75 Å². The molecule has 7 nitrogen and oxygen atoms in total. The Balaban J connectivity index is 2.22. The van der Waals surface area contributed by atoms with Crippen molar-refractivity contribution in [3.8, 4) is 5.75 Å². The highest BCUT2D eigenvalue weighted by molar-refractivity contribution is 5.85. The minimum Gasteiger partial charge on any atom is -0.550 e. The van der Waals surface area contributed by atoms with Gasteiger partial charge in [0.15, 0.2) is 6.10 Å². The number of nitrogens with one attached hydrogen (secondary N) is 1. The lowest BCUT2D eigenvalue weighted by Gasteiger charge is -2.17. The summed E-state index contributed by atoms with van der Waals surface area (Å²) in [5, 5.41) is 13.7. The maximum Gasteiger partial charge on any atom is 0.336 e. The van der Waals surface area contributed by atoms with Crippen LogP contribution in [-0.4, -0.2) is 24.5 Å². The number of carbonyl (C=O) groups is 2. The van der Waals surface area contributed by atoms with Crippen molar-refractivity contribution in [1.29, 1.82) is 0 Å². The van der Waals surface area contributed by atoms with E-state index in [1.165, 1.54) is 6.07 Å². The quantitative estimate of drug-likeness (QED) is 0.666. The van der Waals surface area contributed by atoms with Crippen molar-refractivity contribution < 1.29 is 23.8 Å². The van der Waals surface area contributed by atoms with E-state index in [4.69, 9.17) is 9.15 Å². The van der Waals surface area contributed by atoms with E-state index < -0.39 is 23.6 Å². The number of rotatable bonds is 9. The standard InChI is InChI=1S/C20H25NO6/c1-4-5-6-14-11-18(24)27-19-12(2)16(8-7-15(14)19)26-13(3)20(25)21-10-9-17(22)23/h7-8,11,13H,4-6,9-10H2,1-3H3,(H,21,25)(H,22,23)/p-1/t13-/m0/s1. The van der Waals surface area contributed by atoms with Crippen LogP contribution < -0.4 is 20.8 Å². The highest BCUT2D eigenvalue weighted by Crippen LogP contribution is 2.29. The number of carboxylic acids is 1. The van der Waals surface area contributed by atoms with Crippen LogP contribution in [0.25, 0.3) is 11.0 Å². The molecule has 0 spiro atoms. The van der Waals surface area contributed by atoms with Gasteiger partial charge in [0.1, 0.15) is 11.3 Å². The van der Waals surface area contributed by atoms with Gasteiger partial charge in [-0.25, -0.2) is 4.79 Å². The molecule has 0 radical (unpaired) electrons. The highest BCUT2D eigenvalue weighted by atomic mass is 16.5. The fourth-order valence-electron chi connectivity index (χ4n) is 2.79. The van der Waals surface area contributed by atoms with Crippen molar-refractivity contribution in [2.75, 3.05) is 6.54 Å². The number of hydrogen-bond donors (Lipinski definition) is 1. The fourth-order valence-corrected chi connectivity index (χ4v) is 2.79. The summed E-state index contributed by atoms with van der Waals surface area (Å²) in [4.78, 5) is 34.3. The van der Waals surface area contributed by atoms with Gasteiger partial charge in [-0.3, -0.25) is 4.79 Å². The smallest absolute Gasteiger partial charge is 0.336 e. The van der Waals surface area contributed by atoms with Crippen molar-refractivity contribution in [3.05, 3.63) is 39.7 Å². The SMILES string of the molecule is CCCCc1cc(=O)oc2c(C)c(O[C@@H](C)C(=O)NCCC(=O)[O-])ccc12. The summed E-state index contributed by atoms with van der Waals surface area (Å²) >= 11 is 0. The number of hydrogen-bond acceptors (Lipinski definition) is 6. The molecule has 7 heteroatoms. The van der Waals surface area contributed by atoms with Gasteiger partial charge in [0.2, 0.25) is 0 Å². The first-order valence-corrected chi connectivity index (χ1v) is 9.04. The Morgan fingerprint density at radius 3 is 2.74 bits per heavy atom. The molecular formula is C20H24NO6-. The second kappa shape index (κ2) is 9.21. The first-order valence-electron chi connectivity index (χ1n) is 9.04. The van der Waals surface area contributed by atoms with Crippen LogP contribution in [0.2, 0.25) is 0 Å². The number of aryl methyl sites for hydroxylation is 2. The number of fused-ring (bicyclic) bond motifs is 1. The van der Waals surface area contributed by atoms with E-state index in [0.717, 1.165) is 30.2 Å². The number of amides is 1. The lowest BCUT2D eigenvalue weighted by atomic mass is 10.0. The molecule has 1 aromatic heterocycles. The summed E-state index contributed by atoms with van der Waals surface area (Å²) in [6.45, 7) is 5.39. The molecule has 27 heavy (non-hydrogen) atoms. The van der Waals surface area contributed by atoms with Crippen molar-refractivity contribution in [1.82, 2.24) is 5.32 Å². The minimum absolute atomic E-state index is 0.0266. The van der Waals surface area contributed by atoms with Crippen LogP contribution in [-0.2, 0) is 16.0 Å².